The average molecular weight is 290 g/mol. The molecule has 4 bridgehead atoms. The molecule has 1 aromatic carbocycles. The Morgan fingerprint density at radius 2 is 1.57 bits per heavy atom. The second-order valence-corrected chi connectivity index (χ2v) is 7.58. The molecule has 4 aliphatic rings. The molecule has 0 unspecified atom stereocenters. The van der Waals surface area contributed by atoms with E-state index in [9.17, 15) is 13.6 Å². The standard InChI is InChI=1S/C18H20F2O/c1-10-2-3-14(19)15(16(10)20)17(21)18-7-11-4-12(8-18)6-13(5-11)9-18/h2-3,11-13H,4-9H2,1H3. The first-order chi connectivity index (χ1) is 9.98. The summed E-state index contributed by atoms with van der Waals surface area (Å²) >= 11 is 0. The molecule has 0 aromatic heterocycles. The second kappa shape index (κ2) is 4.37. The van der Waals surface area contributed by atoms with Gasteiger partial charge in [0.15, 0.2) is 5.78 Å². The van der Waals surface area contributed by atoms with Crippen molar-refractivity contribution in [3.8, 4) is 0 Å². The van der Waals surface area contributed by atoms with Gasteiger partial charge in [0.25, 0.3) is 0 Å². The van der Waals surface area contributed by atoms with Gasteiger partial charge in [-0.05, 0) is 74.8 Å². The molecule has 0 amide bonds. The van der Waals surface area contributed by atoms with E-state index in [1.807, 2.05) is 0 Å². The molecule has 4 saturated carbocycles. The van der Waals surface area contributed by atoms with Gasteiger partial charge in [-0.3, -0.25) is 4.79 Å². The smallest absolute Gasteiger partial charge is 0.174 e. The first-order valence-corrected chi connectivity index (χ1v) is 7.98. The second-order valence-electron chi connectivity index (χ2n) is 7.58. The van der Waals surface area contributed by atoms with E-state index in [1.54, 1.807) is 6.92 Å². The molecule has 1 nitrogen and oxygen atoms in total. The van der Waals surface area contributed by atoms with Crippen LogP contribution in [0.15, 0.2) is 12.1 Å². The lowest BCUT2D eigenvalue weighted by Gasteiger charge is -2.55. The van der Waals surface area contributed by atoms with Crippen molar-refractivity contribution in [2.75, 3.05) is 0 Å². The van der Waals surface area contributed by atoms with Crippen LogP contribution in [0.4, 0.5) is 8.78 Å². The Morgan fingerprint density at radius 3 is 2.10 bits per heavy atom. The Hall–Kier alpha value is -1.25. The maximum Gasteiger partial charge on any atom is 0.174 e. The molecule has 0 N–H and O–H groups in total. The summed E-state index contributed by atoms with van der Waals surface area (Å²) in [6.45, 7) is 1.59. The molecule has 0 radical (unpaired) electrons. The van der Waals surface area contributed by atoms with Crippen LogP contribution in [0.1, 0.15) is 54.4 Å². The largest absolute Gasteiger partial charge is 0.293 e. The Kier molecular flexibility index (Phi) is 2.79. The topological polar surface area (TPSA) is 17.1 Å². The van der Waals surface area contributed by atoms with Crippen molar-refractivity contribution < 1.29 is 13.6 Å². The molecule has 3 heteroatoms. The molecule has 0 atom stereocenters. The minimum absolute atomic E-state index is 0.264. The summed E-state index contributed by atoms with van der Waals surface area (Å²) in [5.74, 6) is 0.165. The summed E-state index contributed by atoms with van der Waals surface area (Å²) in [6.07, 6.45) is 6.15. The number of hydrogen-bond donors (Lipinski definition) is 0. The van der Waals surface area contributed by atoms with Crippen molar-refractivity contribution in [1.29, 1.82) is 0 Å². The van der Waals surface area contributed by atoms with Gasteiger partial charge in [0.1, 0.15) is 11.6 Å². The van der Waals surface area contributed by atoms with Gasteiger partial charge in [-0.25, -0.2) is 8.78 Å². The first-order valence-electron chi connectivity index (χ1n) is 7.98. The number of benzene rings is 1. The normalized spacial score (nSPS) is 37.0. The summed E-state index contributed by atoms with van der Waals surface area (Å²) in [5.41, 5.74) is -0.411. The van der Waals surface area contributed by atoms with Crippen LogP contribution < -0.4 is 0 Å². The lowest BCUT2D eigenvalue weighted by molar-refractivity contribution is -0.0357. The fourth-order valence-corrected chi connectivity index (χ4v) is 5.52. The van der Waals surface area contributed by atoms with Crippen molar-refractivity contribution >= 4 is 5.78 Å². The highest BCUT2D eigenvalue weighted by Gasteiger charge is 2.55. The molecule has 0 heterocycles. The highest BCUT2D eigenvalue weighted by atomic mass is 19.1. The van der Waals surface area contributed by atoms with Crippen LogP contribution in [0, 0.1) is 41.7 Å². The summed E-state index contributed by atoms with van der Waals surface area (Å²) in [5, 5.41) is 0. The fraction of sp³-hybridized carbons (Fsp3) is 0.611. The van der Waals surface area contributed by atoms with Crippen LogP contribution >= 0.6 is 0 Å². The van der Waals surface area contributed by atoms with Crippen LogP contribution in [0.5, 0.6) is 0 Å². The number of carbonyl (C=O) groups excluding carboxylic acids is 1. The Balaban J connectivity index is 1.77. The van der Waals surface area contributed by atoms with Crippen molar-refractivity contribution in [2.24, 2.45) is 23.2 Å². The zero-order valence-electron chi connectivity index (χ0n) is 12.3. The number of hydrogen-bond acceptors (Lipinski definition) is 1. The number of halogens is 2. The highest BCUT2D eigenvalue weighted by molar-refractivity contribution is 6.01. The van der Waals surface area contributed by atoms with E-state index in [2.05, 4.69) is 0 Å². The SMILES string of the molecule is Cc1ccc(F)c(C(=O)C23CC4CC(CC(C4)C2)C3)c1F. The summed E-state index contributed by atoms with van der Waals surface area (Å²) < 4.78 is 28.4. The molecule has 0 spiro atoms. The highest BCUT2D eigenvalue weighted by Crippen LogP contribution is 2.61. The molecule has 112 valence electrons. The van der Waals surface area contributed by atoms with Gasteiger partial charge in [-0.2, -0.15) is 0 Å². The molecule has 5 rings (SSSR count). The van der Waals surface area contributed by atoms with Crippen LogP contribution in [-0.2, 0) is 0 Å². The predicted octanol–water partition coefficient (Wildman–Crippen LogP) is 4.67. The minimum atomic E-state index is -0.696. The summed E-state index contributed by atoms with van der Waals surface area (Å²) in [6, 6.07) is 2.63. The van der Waals surface area contributed by atoms with E-state index < -0.39 is 17.0 Å². The van der Waals surface area contributed by atoms with Crippen LogP contribution in [0.25, 0.3) is 0 Å². The van der Waals surface area contributed by atoms with Gasteiger partial charge in [0.05, 0.1) is 5.56 Å². The number of carbonyl (C=O) groups is 1. The zero-order valence-corrected chi connectivity index (χ0v) is 12.3. The van der Waals surface area contributed by atoms with E-state index in [0.29, 0.717) is 23.3 Å². The molecule has 21 heavy (non-hydrogen) atoms. The van der Waals surface area contributed by atoms with E-state index in [4.69, 9.17) is 0 Å². The zero-order chi connectivity index (χ0) is 14.8. The van der Waals surface area contributed by atoms with E-state index in [1.165, 1.54) is 31.4 Å². The van der Waals surface area contributed by atoms with Gasteiger partial charge < -0.3 is 0 Å². The van der Waals surface area contributed by atoms with Crippen LogP contribution in [0.3, 0.4) is 0 Å². The lowest BCUT2D eigenvalue weighted by Crippen LogP contribution is -2.50. The molecule has 4 aliphatic carbocycles. The van der Waals surface area contributed by atoms with Gasteiger partial charge in [0.2, 0.25) is 0 Å². The monoisotopic (exact) mass is 290 g/mol. The number of Topliss-reactive ketones (excluding diaryl/α,β-unsaturated/α-hetero) is 1. The van der Waals surface area contributed by atoms with Gasteiger partial charge >= 0.3 is 0 Å². The van der Waals surface area contributed by atoms with Crippen LogP contribution in [-0.4, -0.2) is 5.78 Å². The third-order valence-electron chi connectivity index (χ3n) is 6.03. The predicted molar refractivity (Wildman–Crippen MR) is 76.0 cm³/mol. The van der Waals surface area contributed by atoms with Crippen LogP contribution in [0.2, 0.25) is 0 Å². The quantitative estimate of drug-likeness (QED) is 0.723. The molecule has 1 aromatic rings. The van der Waals surface area contributed by atoms with Crippen molar-refractivity contribution in [1.82, 2.24) is 0 Å². The number of rotatable bonds is 2. The average Bonchev–Trinajstić information content (AvgIpc) is 2.42. The van der Waals surface area contributed by atoms with E-state index in [0.717, 1.165) is 19.3 Å². The molecular formula is C18H20F2O. The maximum absolute atomic E-state index is 14.3. The molecule has 0 saturated heterocycles. The van der Waals surface area contributed by atoms with E-state index >= 15 is 0 Å². The van der Waals surface area contributed by atoms with Crippen molar-refractivity contribution in [3.63, 3.8) is 0 Å². The minimum Gasteiger partial charge on any atom is -0.293 e. The van der Waals surface area contributed by atoms with Gasteiger partial charge in [-0.1, -0.05) is 6.07 Å². The summed E-state index contributed by atoms with van der Waals surface area (Å²) in [4.78, 5) is 13.0. The van der Waals surface area contributed by atoms with Gasteiger partial charge in [0, 0.05) is 5.41 Å². The lowest BCUT2D eigenvalue weighted by atomic mass is 9.48. The number of ketones is 1. The first kappa shape index (κ1) is 13.4. The Bertz CT molecular complexity index is 585. The van der Waals surface area contributed by atoms with Crippen molar-refractivity contribution in [2.45, 2.75) is 45.4 Å². The fourth-order valence-electron chi connectivity index (χ4n) is 5.52. The summed E-state index contributed by atoms with van der Waals surface area (Å²) in [7, 11) is 0. The molecular weight excluding hydrogens is 270 g/mol. The third kappa shape index (κ3) is 1.89. The van der Waals surface area contributed by atoms with Crippen molar-refractivity contribution in [3.05, 3.63) is 34.9 Å². The third-order valence-corrected chi connectivity index (χ3v) is 6.03. The van der Waals surface area contributed by atoms with E-state index in [-0.39, 0.29) is 11.3 Å². The number of aryl methyl sites for hydroxylation is 1. The Labute approximate surface area is 123 Å². The molecule has 0 aliphatic heterocycles. The molecule has 4 fully saturated rings. The maximum atomic E-state index is 14.3. The Morgan fingerprint density at radius 1 is 1.05 bits per heavy atom. The van der Waals surface area contributed by atoms with Gasteiger partial charge in [-0.15, -0.1) is 0 Å².